The molecule has 44 heavy (non-hydrogen) atoms. The smallest absolute Gasteiger partial charge is 0.193 e. The van der Waals surface area contributed by atoms with E-state index in [-0.39, 0.29) is 17.3 Å². The minimum Gasteiger partial charge on any atom is -0.550 e. The Bertz CT molecular complexity index is 1320. The Labute approximate surface area is 258 Å². The van der Waals surface area contributed by atoms with E-state index in [4.69, 9.17) is 9.90 Å². The number of hydrogen-bond acceptors (Lipinski definition) is 8. The monoisotopic (exact) mass is 605 g/mol. The summed E-state index contributed by atoms with van der Waals surface area (Å²) in [5.41, 5.74) is -0.572. The summed E-state index contributed by atoms with van der Waals surface area (Å²) in [6, 6.07) is 21.5. The molecule has 3 aromatic rings. The molecule has 0 radical (unpaired) electrons. The van der Waals surface area contributed by atoms with Gasteiger partial charge in [-0.3, -0.25) is 14.4 Å². The third kappa shape index (κ3) is 11.2. The molecule has 4 N–H and O–H groups in total. The Morgan fingerprint density at radius 1 is 0.568 bits per heavy atom. The SMILES string of the molecule is CC(=O)[O-].CC(C)(O)C(=O)c1cccc(C[NH+](Cc2cccc(C(=O)C(C)(C)O)c2)Cc2cccc(C(=O)C(C)(C)O)c2)c1. The highest BCUT2D eigenvalue weighted by molar-refractivity contribution is 6.02. The second kappa shape index (κ2) is 14.6. The average Bonchev–Trinajstić information content (AvgIpc) is 2.90. The molecule has 0 unspecified atom stereocenters. The summed E-state index contributed by atoms with van der Waals surface area (Å²) < 4.78 is 0. The van der Waals surface area contributed by atoms with Gasteiger partial charge in [0.1, 0.15) is 36.4 Å². The molecule has 0 aliphatic carbocycles. The molecule has 0 amide bonds. The van der Waals surface area contributed by atoms with Crippen molar-refractivity contribution in [2.45, 2.75) is 84.9 Å². The molecule has 0 aliphatic rings. The number of hydrogen-bond donors (Lipinski definition) is 4. The fraction of sp³-hybridized carbons (Fsp3) is 0.371. The van der Waals surface area contributed by atoms with Crippen molar-refractivity contribution >= 4 is 23.3 Å². The van der Waals surface area contributed by atoms with E-state index < -0.39 is 22.8 Å². The van der Waals surface area contributed by atoms with Gasteiger partial charge >= 0.3 is 0 Å². The normalized spacial score (nSPS) is 11.9. The predicted octanol–water partition coefficient (Wildman–Crippen LogP) is 2.09. The number of aliphatic carboxylic acids is 1. The lowest BCUT2D eigenvalue weighted by molar-refractivity contribution is -0.941. The fourth-order valence-corrected chi connectivity index (χ4v) is 4.58. The molecular weight excluding hydrogens is 562 g/mol. The minimum atomic E-state index is -1.49. The Balaban J connectivity index is 0.00000159. The molecule has 0 aliphatic heterocycles. The van der Waals surface area contributed by atoms with Crippen molar-refractivity contribution in [3.05, 3.63) is 106 Å². The molecule has 0 atom stereocenters. The number of Topliss-reactive ketones (excluding diaryl/α,β-unsaturated/α-hetero) is 3. The van der Waals surface area contributed by atoms with E-state index >= 15 is 0 Å². The second-order valence-electron chi connectivity index (χ2n) is 12.5. The van der Waals surface area contributed by atoms with Crippen molar-refractivity contribution in [1.29, 1.82) is 0 Å². The molecule has 236 valence electrons. The van der Waals surface area contributed by atoms with Gasteiger partial charge in [-0.15, -0.1) is 0 Å². The Morgan fingerprint density at radius 3 is 1.00 bits per heavy atom. The fourth-order valence-electron chi connectivity index (χ4n) is 4.58. The zero-order valence-electron chi connectivity index (χ0n) is 26.4. The summed E-state index contributed by atoms with van der Waals surface area (Å²) in [5, 5.41) is 39.5. The highest BCUT2D eigenvalue weighted by Crippen LogP contribution is 2.17. The maximum Gasteiger partial charge on any atom is 0.193 e. The lowest BCUT2D eigenvalue weighted by Gasteiger charge is -2.22. The molecule has 9 heteroatoms. The Kier molecular flexibility index (Phi) is 12.0. The first-order valence-electron chi connectivity index (χ1n) is 14.3. The highest BCUT2D eigenvalue weighted by atomic mass is 16.4. The number of rotatable bonds is 12. The van der Waals surface area contributed by atoms with Gasteiger partial charge in [0.2, 0.25) is 0 Å². The highest BCUT2D eigenvalue weighted by Gasteiger charge is 2.28. The van der Waals surface area contributed by atoms with E-state index in [2.05, 4.69) is 0 Å². The largest absolute Gasteiger partial charge is 0.550 e. The quantitative estimate of drug-likeness (QED) is 0.229. The van der Waals surface area contributed by atoms with Crippen LogP contribution in [0.1, 0.15) is 96.2 Å². The topological polar surface area (TPSA) is 156 Å². The molecule has 3 rings (SSSR count). The van der Waals surface area contributed by atoms with Crippen molar-refractivity contribution < 1.29 is 44.5 Å². The summed E-state index contributed by atoms with van der Waals surface area (Å²) in [6.07, 6.45) is 0. The van der Waals surface area contributed by atoms with Crippen LogP contribution in [0.3, 0.4) is 0 Å². The Hall–Kier alpha value is -4.02. The standard InChI is InChI=1S/C33H39NO6.C2H4O2/c1-31(2,38)28(35)25-13-7-10-22(16-25)19-34(20-23-11-8-14-26(17-23)29(36)32(3,4)39)21-24-12-9-15-27(18-24)30(37)33(5,6)40;1-2(3)4/h7-18,38-40H,19-21H2,1-6H3;1H3,(H,3,4). The van der Waals surface area contributed by atoms with Crippen LogP contribution < -0.4 is 10.0 Å². The van der Waals surface area contributed by atoms with Gasteiger partial charge in [0.25, 0.3) is 0 Å². The number of nitrogens with one attached hydrogen (secondary N) is 1. The van der Waals surface area contributed by atoms with E-state index in [0.29, 0.717) is 36.3 Å². The van der Waals surface area contributed by atoms with Gasteiger partial charge in [-0.1, -0.05) is 54.6 Å². The lowest BCUT2D eigenvalue weighted by Crippen LogP contribution is -3.08. The van der Waals surface area contributed by atoms with Crippen LogP contribution in [0.2, 0.25) is 0 Å². The van der Waals surface area contributed by atoms with Crippen molar-refractivity contribution in [3.63, 3.8) is 0 Å². The van der Waals surface area contributed by atoms with E-state index in [9.17, 15) is 29.7 Å². The number of carbonyl (C=O) groups excluding carboxylic acids is 4. The van der Waals surface area contributed by atoms with Crippen molar-refractivity contribution in [2.24, 2.45) is 0 Å². The van der Waals surface area contributed by atoms with Crippen molar-refractivity contribution in [3.8, 4) is 0 Å². The molecular formula is C35H43NO8. The number of benzene rings is 3. The van der Waals surface area contributed by atoms with E-state index in [1.165, 1.54) is 41.5 Å². The first-order chi connectivity index (χ1) is 20.2. The molecule has 0 heterocycles. The van der Waals surface area contributed by atoms with Gasteiger partial charge in [0, 0.05) is 39.4 Å². The molecule has 9 nitrogen and oxygen atoms in total. The number of ketones is 3. The van der Waals surface area contributed by atoms with Gasteiger partial charge in [-0.25, -0.2) is 0 Å². The van der Waals surface area contributed by atoms with Gasteiger partial charge in [-0.05, 0) is 66.7 Å². The van der Waals surface area contributed by atoms with Crippen LogP contribution in [-0.4, -0.2) is 55.4 Å². The van der Waals surface area contributed by atoms with Crippen molar-refractivity contribution in [2.75, 3.05) is 0 Å². The zero-order chi connectivity index (χ0) is 33.5. The van der Waals surface area contributed by atoms with Crippen LogP contribution in [-0.2, 0) is 24.4 Å². The summed E-state index contributed by atoms with van der Waals surface area (Å²) in [4.78, 5) is 48.0. The third-order valence-corrected chi connectivity index (χ3v) is 6.60. The van der Waals surface area contributed by atoms with Crippen LogP contribution in [0.25, 0.3) is 0 Å². The van der Waals surface area contributed by atoms with Crippen molar-refractivity contribution in [1.82, 2.24) is 0 Å². The summed E-state index contributed by atoms with van der Waals surface area (Å²) in [6.45, 7) is 11.3. The third-order valence-electron chi connectivity index (χ3n) is 6.60. The molecule has 0 bridgehead atoms. The van der Waals surface area contributed by atoms with Gasteiger partial charge in [0.15, 0.2) is 17.3 Å². The van der Waals surface area contributed by atoms with E-state index in [1.54, 1.807) is 54.6 Å². The molecule has 3 aromatic carbocycles. The van der Waals surface area contributed by atoms with Crippen LogP contribution >= 0.6 is 0 Å². The molecule has 0 fully saturated rings. The molecule has 0 spiro atoms. The van der Waals surface area contributed by atoms with E-state index in [1.807, 2.05) is 18.2 Å². The Morgan fingerprint density at radius 2 is 0.795 bits per heavy atom. The van der Waals surface area contributed by atoms with Crippen LogP contribution in [0.15, 0.2) is 72.8 Å². The zero-order valence-corrected chi connectivity index (χ0v) is 26.4. The van der Waals surface area contributed by atoms with Gasteiger partial charge in [0.05, 0.1) is 0 Å². The predicted molar refractivity (Wildman–Crippen MR) is 164 cm³/mol. The van der Waals surface area contributed by atoms with Crippen LogP contribution in [0, 0.1) is 0 Å². The minimum absolute atomic E-state index is 0.369. The lowest BCUT2D eigenvalue weighted by atomic mass is 9.94. The maximum atomic E-state index is 12.7. The number of quaternary nitrogens is 1. The summed E-state index contributed by atoms with van der Waals surface area (Å²) in [7, 11) is 0. The number of carboxylic acids is 1. The number of carboxylic acid groups (broad SMARTS) is 1. The average molecular weight is 606 g/mol. The maximum absolute atomic E-state index is 12.7. The summed E-state index contributed by atoms with van der Waals surface area (Å²) in [5.74, 6) is -2.19. The van der Waals surface area contributed by atoms with Crippen LogP contribution in [0.4, 0.5) is 0 Å². The van der Waals surface area contributed by atoms with E-state index in [0.717, 1.165) is 28.5 Å². The first kappa shape index (κ1) is 36.2. The summed E-state index contributed by atoms with van der Waals surface area (Å²) >= 11 is 0. The van der Waals surface area contributed by atoms with Crippen LogP contribution in [0.5, 0.6) is 0 Å². The van der Waals surface area contributed by atoms with Gasteiger partial charge in [-0.2, -0.15) is 0 Å². The van der Waals surface area contributed by atoms with Gasteiger partial charge < -0.3 is 30.1 Å². The number of carbonyl (C=O) groups is 4. The first-order valence-corrected chi connectivity index (χ1v) is 14.3. The molecule has 0 saturated carbocycles. The second-order valence-corrected chi connectivity index (χ2v) is 12.5. The molecule has 0 saturated heterocycles. The number of aliphatic hydroxyl groups is 3. The molecule has 0 aromatic heterocycles.